The molecule has 0 bridgehead atoms. The van der Waals surface area contributed by atoms with E-state index in [9.17, 15) is 0 Å². The average Bonchev–Trinajstić information content (AvgIpc) is 2.74. The maximum Gasteiger partial charge on any atom is 0.228 e. The summed E-state index contributed by atoms with van der Waals surface area (Å²) >= 11 is 0. The van der Waals surface area contributed by atoms with E-state index >= 15 is 0 Å². The Bertz CT molecular complexity index is 574. The molecule has 2 N–H and O–H groups in total. The zero-order chi connectivity index (χ0) is 12.5. The van der Waals surface area contributed by atoms with Gasteiger partial charge in [0.1, 0.15) is 5.82 Å². The maximum absolute atomic E-state index is 4.48. The van der Waals surface area contributed by atoms with Gasteiger partial charge in [0.2, 0.25) is 5.95 Å². The Balaban J connectivity index is 1.88. The second-order valence-corrected chi connectivity index (χ2v) is 4.57. The average molecular weight is 241 g/mol. The van der Waals surface area contributed by atoms with Crippen LogP contribution < -0.4 is 10.6 Å². The number of hydrogen-bond acceptors (Lipinski definition) is 5. The van der Waals surface area contributed by atoms with E-state index in [0.717, 1.165) is 30.3 Å². The van der Waals surface area contributed by atoms with Gasteiger partial charge in [-0.25, -0.2) is 15.0 Å². The van der Waals surface area contributed by atoms with Crippen molar-refractivity contribution in [2.24, 2.45) is 0 Å². The fourth-order valence-corrected chi connectivity index (χ4v) is 2.14. The van der Waals surface area contributed by atoms with Gasteiger partial charge in [-0.15, -0.1) is 0 Å². The maximum atomic E-state index is 4.48. The van der Waals surface area contributed by atoms with E-state index in [1.807, 2.05) is 32.2 Å². The third kappa shape index (κ3) is 2.17. The van der Waals surface area contributed by atoms with Crippen LogP contribution in [0, 0.1) is 13.8 Å². The van der Waals surface area contributed by atoms with Gasteiger partial charge in [0, 0.05) is 30.5 Å². The Kier molecular flexibility index (Phi) is 2.68. The first-order valence-corrected chi connectivity index (χ1v) is 5.98. The van der Waals surface area contributed by atoms with Gasteiger partial charge in [-0.1, -0.05) is 0 Å². The van der Waals surface area contributed by atoms with Crippen LogP contribution in [0.4, 0.5) is 11.8 Å². The van der Waals surface area contributed by atoms with Gasteiger partial charge in [0.25, 0.3) is 0 Å². The smallest absolute Gasteiger partial charge is 0.228 e. The molecule has 0 amide bonds. The first-order valence-electron chi connectivity index (χ1n) is 5.98. The molecule has 0 unspecified atom stereocenters. The molecule has 3 heterocycles. The van der Waals surface area contributed by atoms with Crippen molar-refractivity contribution in [3.05, 3.63) is 40.8 Å². The SMILES string of the molecule is Cc1cc(C)nc(Nc2ncc3c(n2)CNC3)c1. The number of aromatic nitrogens is 3. The van der Waals surface area contributed by atoms with E-state index < -0.39 is 0 Å². The fraction of sp³-hybridized carbons (Fsp3) is 0.308. The molecule has 0 aromatic carbocycles. The van der Waals surface area contributed by atoms with Gasteiger partial charge >= 0.3 is 0 Å². The largest absolute Gasteiger partial charge is 0.309 e. The summed E-state index contributed by atoms with van der Waals surface area (Å²) in [6, 6.07) is 4.03. The molecule has 1 aliphatic heterocycles. The number of nitrogens with zero attached hydrogens (tertiary/aromatic N) is 3. The molecule has 0 spiro atoms. The van der Waals surface area contributed by atoms with Gasteiger partial charge in [-0.2, -0.15) is 0 Å². The fourth-order valence-electron chi connectivity index (χ4n) is 2.14. The molecule has 0 saturated heterocycles. The summed E-state index contributed by atoms with van der Waals surface area (Å²) in [4.78, 5) is 13.2. The highest BCUT2D eigenvalue weighted by Crippen LogP contribution is 2.17. The second kappa shape index (κ2) is 4.34. The molecule has 5 nitrogen and oxygen atoms in total. The number of pyridine rings is 1. The molecule has 5 heteroatoms. The van der Waals surface area contributed by atoms with Crippen molar-refractivity contribution in [1.29, 1.82) is 0 Å². The van der Waals surface area contributed by atoms with Crippen LogP contribution >= 0.6 is 0 Å². The summed E-state index contributed by atoms with van der Waals surface area (Å²) in [6.45, 7) is 5.70. The minimum atomic E-state index is 0.606. The monoisotopic (exact) mass is 241 g/mol. The van der Waals surface area contributed by atoms with E-state index in [0.29, 0.717) is 5.95 Å². The Morgan fingerprint density at radius 3 is 2.89 bits per heavy atom. The van der Waals surface area contributed by atoms with Crippen LogP contribution in [-0.4, -0.2) is 15.0 Å². The first-order chi connectivity index (χ1) is 8.70. The Hall–Kier alpha value is -2.01. The van der Waals surface area contributed by atoms with Crippen LogP contribution in [0.15, 0.2) is 18.3 Å². The molecule has 0 aliphatic carbocycles. The summed E-state index contributed by atoms with van der Waals surface area (Å²) in [5, 5.41) is 6.41. The first kappa shape index (κ1) is 11.1. The normalized spacial score (nSPS) is 13.4. The zero-order valence-corrected chi connectivity index (χ0v) is 10.5. The van der Waals surface area contributed by atoms with Gasteiger partial charge in [0.15, 0.2) is 0 Å². The molecular formula is C13H15N5. The number of anilines is 2. The van der Waals surface area contributed by atoms with E-state index in [4.69, 9.17) is 0 Å². The minimum Gasteiger partial charge on any atom is -0.309 e. The summed E-state index contributed by atoms with van der Waals surface area (Å²) in [5.41, 5.74) is 4.40. The van der Waals surface area contributed by atoms with Crippen molar-refractivity contribution < 1.29 is 0 Å². The predicted molar refractivity (Wildman–Crippen MR) is 69.6 cm³/mol. The summed E-state index contributed by atoms with van der Waals surface area (Å²) in [7, 11) is 0. The number of rotatable bonds is 2. The van der Waals surface area contributed by atoms with Crippen molar-refractivity contribution in [2.75, 3.05) is 5.32 Å². The van der Waals surface area contributed by atoms with E-state index in [1.165, 1.54) is 11.1 Å². The molecule has 1 aliphatic rings. The number of fused-ring (bicyclic) bond motifs is 1. The third-order valence-electron chi connectivity index (χ3n) is 2.90. The molecule has 0 radical (unpaired) electrons. The molecule has 2 aromatic rings. The third-order valence-corrected chi connectivity index (χ3v) is 2.90. The topological polar surface area (TPSA) is 62.7 Å². The minimum absolute atomic E-state index is 0.606. The zero-order valence-electron chi connectivity index (χ0n) is 10.5. The molecular weight excluding hydrogens is 226 g/mol. The van der Waals surface area contributed by atoms with Crippen molar-refractivity contribution in [3.8, 4) is 0 Å². The lowest BCUT2D eigenvalue weighted by Gasteiger charge is -2.07. The lowest BCUT2D eigenvalue weighted by molar-refractivity contribution is 0.758. The second-order valence-electron chi connectivity index (χ2n) is 4.57. The number of nitrogens with one attached hydrogen (secondary N) is 2. The van der Waals surface area contributed by atoms with Crippen molar-refractivity contribution in [1.82, 2.24) is 20.3 Å². The highest BCUT2D eigenvalue weighted by molar-refractivity contribution is 5.50. The summed E-state index contributed by atoms with van der Waals surface area (Å²) < 4.78 is 0. The molecule has 0 fully saturated rings. The van der Waals surface area contributed by atoms with Crippen LogP contribution in [-0.2, 0) is 13.1 Å². The highest BCUT2D eigenvalue weighted by atomic mass is 15.1. The van der Waals surface area contributed by atoms with Crippen molar-refractivity contribution >= 4 is 11.8 Å². The summed E-state index contributed by atoms with van der Waals surface area (Å²) in [5.74, 6) is 1.40. The number of hydrogen-bond donors (Lipinski definition) is 2. The van der Waals surface area contributed by atoms with Gasteiger partial charge < -0.3 is 10.6 Å². The van der Waals surface area contributed by atoms with Gasteiger partial charge in [0.05, 0.1) is 5.69 Å². The lowest BCUT2D eigenvalue weighted by Crippen LogP contribution is -2.03. The molecule has 0 saturated carbocycles. The number of aryl methyl sites for hydroxylation is 2. The highest BCUT2D eigenvalue weighted by Gasteiger charge is 2.12. The van der Waals surface area contributed by atoms with E-state index in [2.05, 4.69) is 25.6 Å². The van der Waals surface area contributed by atoms with Crippen LogP contribution in [0.25, 0.3) is 0 Å². The predicted octanol–water partition coefficient (Wildman–Crippen LogP) is 1.84. The molecule has 3 rings (SSSR count). The lowest BCUT2D eigenvalue weighted by atomic mass is 10.2. The molecule has 0 atom stereocenters. The molecule has 92 valence electrons. The Labute approximate surface area is 106 Å². The Morgan fingerprint density at radius 1 is 1.17 bits per heavy atom. The van der Waals surface area contributed by atoms with Crippen molar-refractivity contribution in [3.63, 3.8) is 0 Å². The van der Waals surface area contributed by atoms with Crippen LogP contribution in [0.2, 0.25) is 0 Å². The molecule has 2 aromatic heterocycles. The van der Waals surface area contributed by atoms with Crippen LogP contribution in [0.5, 0.6) is 0 Å². The standard InChI is InChI=1S/C13H15N5/c1-8-3-9(2)16-12(4-8)18-13-15-6-10-5-14-7-11(10)17-13/h3-4,6,14H,5,7H2,1-2H3,(H,15,16,17,18). The quantitative estimate of drug-likeness (QED) is 0.840. The molecule has 18 heavy (non-hydrogen) atoms. The summed E-state index contributed by atoms with van der Waals surface area (Å²) in [6.07, 6.45) is 1.87. The van der Waals surface area contributed by atoms with E-state index in [1.54, 1.807) is 0 Å². The Morgan fingerprint density at radius 2 is 2.06 bits per heavy atom. The van der Waals surface area contributed by atoms with E-state index in [-0.39, 0.29) is 0 Å². The van der Waals surface area contributed by atoms with Crippen molar-refractivity contribution in [2.45, 2.75) is 26.9 Å². The van der Waals surface area contributed by atoms with Crippen LogP contribution in [0.1, 0.15) is 22.5 Å². The van der Waals surface area contributed by atoms with Gasteiger partial charge in [-0.05, 0) is 31.5 Å². The van der Waals surface area contributed by atoms with Crippen LogP contribution in [0.3, 0.4) is 0 Å². The van der Waals surface area contributed by atoms with Gasteiger partial charge in [-0.3, -0.25) is 0 Å².